The van der Waals surface area contributed by atoms with Gasteiger partial charge in [-0.3, -0.25) is 0 Å². The lowest BCUT2D eigenvalue weighted by atomic mass is 10.3. The van der Waals surface area contributed by atoms with Crippen molar-refractivity contribution in [1.82, 2.24) is 10.5 Å². The zero-order valence-corrected chi connectivity index (χ0v) is 9.58. The highest BCUT2D eigenvalue weighted by Crippen LogP contribution is 2.01. The Morgan fingerprint density at radius 2 is 2.44 bits per heavy atom. The number of aromatic nitrogens is 1. The molecule has 0 aromatic carbocycles. The minimum Gasteiger partial charge on any atom is -0.463 e. The summed E-state index contributed by atoms with van der Waals surface area (Å²) in [6, 6.07) is 1.83. The van der Waals surface area contributed by atoms with E-state index in [1.165, 1.54) is 0 Å². The Kier molecular flexibility index (Phi) is 4.72. The van der Waals surface area contributed by atoms with Gasteiger partial charge in [0.2, 0.25) is 0 Å². The summed E-state index contributed by atoms with van der Waals surface area (Å²) < 4.78 is 9.70. The van der Waals surface area contributed by atoms with Crippen molar-refractivity contribution in [3.8, 4) is 0 Å². The van der Waals surface area contributed by atoms with Crippen LogP contribution < -0.4 is 5.32 Å². The van der Waals surface area contributed by atoms with Gasteiger partial charge in [0.1, 0.15) is 5.76 Å². The average Bonchev–Trinajstić information content (AvgIpc) is 2.64. The lowest BCUT2D eigenvalue weighted by molar-refractivity contribution is -0.138. The van der Waals surface area contributed by atoms with E-state index in [0.29, 0.717) is 25.3 Å². The molecule has 0 saturated heterocycles. The summed E-state index contributed by atoms with van der Waals surface area (Å²) >= 11 is 0. The Morgan fingerprint density at radius 3 is 3.00 bits per heavy atom. The van der Waals surface area contributed by atoms with Crippen LogP contribution in [0.1, 0.15) is 18.4 Å². The van der Waals surface area contributed by atoms with E-state index in [-0.39, 0.29) is 5.97 Å². The minimum absolute atomic E-state index is 0.361. The molecule has 1 aromatic heterocycles. The highest BCUT2D eigenvalue weighted by Gasteiger charge is 2.07. The van der Waals surface area contributed by atoms with Crippen LogP contribution in [0.2, 0.25) is 0 Å². The zero-order chi connectivity index (χ0) is 12.0. The fraction of sp³-hybridized carbons (Fsp3) is 0.455. The van der Waals surface area contributed by atoms with E-state index >= 15 is 0 Å². The fourth-order valence-corrected chi connectivity index (χ4v) is 1.15. The van der Waals surface area contributed by atoms with Gasteiger partial charge < -0.3 is 14.6 Å². The molecule has 0 aliphatic heterocycles. The van der Waals surface area contributed by atoms with Gasteiger partial charge >= 0.3 is 5.97 Å². The van der Waals surface area contributed by atoms with Gasteiger partial charge in [0, 0.05) is 24.7 Å². The van der Waals surface area contributed by atoms with Gasteiger partial charge in [-0.1, -0.05) is 11.7 Å². The lowest BCUT2D eigenvalue weighted by Gasteiger charge is -2.05. The SMILES string of the molecule is C=C(CNCc1cc(C)on1)C(=O)OCC. The Labute approximate surface area is 94.5 Å². The smallest absolute Gasteiger partial charge is 0.334 e. The van der Waals surface area contributed by atoms with Crippen LogP contribution in [0, 0.1) is 6.92 Å². The normalized spacial score (nSPS) is 10.1. The first-order valence-corrected chi connectivity index (χ1v) is 5.11. The Morgan fingerprint density at radius 1 is 1.69 bits per heavy atom. The molecule has 1 N–H and O–H groups in total. The predicted octanol–water partition coefficient (Wildman–Crippen LogP) is 1.19. The summed E-state index contributed by atoms with van der Waals surface area (Å²) in [5.41, 5.74) is 1.20. The van der Waals surface area contributed by atoms with E-state index in [0.717, 1.165) is 11.5 Å². The summed E-state index contributed by atoms with van der Waals surface area (Å²) in [5, 5.41) is 6.84. The fourth-order valence-electron chi connectivity index (χ4n) is 1.15. The summed E-state index contributed by atoms with van der Waals surface area (Å²) in [6.45, 7) is 8.50. The molecule has 0 amide bonds. The van der Waals surface area contributed by atoms with Crippen LogP contribution >= 0.6 is 0 Å². The largest absolute Gasteiger partial charge is 0.463 e. The number of carbonyl (C=O) groups excluding carboxylic acids is 1. The van der Waals surface area contributed by atoms with E-state index in [4.69, 9.17) is 9.26 Å². The van der Waals surface area contributed by atoms with Crippen LogP contribution in [-0.4, -0.2) is 24.3 Å². The molecule has 1 aromatic rings. The van der Waals surface area contributed by atoms with Gasteiger partial charge in [0.25, 0.3) is 0 Å². The number of aryl methyl sites for hydroxylation is 1. The second-order valence-electron chi connectivity index (χ2n) is 3.36. The molecule has 88 valence electrons. The molecule has 0 unspecified atom stereocenters. The van der Waals surface area contributed by atoms with Crippen molar-refractivity contribution in [3.63, 3.8) is 0 Å². The third-order valence-electron chi connectivity index (χ3n) is 1.89. The first-order valence-electron chi connectivity index (χ1n) is 5.11. The summed E-state index contributed by atoms with van der Waals surface area (Å²) in [5.74, 6) is 0.396. The van der Waals surface area contributed by atoms with Crippen LogP contribution in [0.4, 0.5) is 0 Å². The van der Waals surface area contributed by atoms with Crippen molar-refractivity contribution in [2.45, 2.75) is 20.4 Å². The highest BCUT2D eigenvalue weighted by molar-refractivity contribution is 5.88. The molecule has 0 saturated carbocycles. The second-order valence-corrected chi connectivity index (χ2v) is 3.36. The van der Waals surface area contributed by atoms with E-state index in [1.807, 2.05) is 13.0 Å². The van der Waals surface area contributed by atoms with Gasteiger partial charge in [-0.05, 0) is 13.8 Å². The minimum atomic E-state index is -0.369. The quantitative estimate of drug-likeness (QED) is 0.581. The Hall–Kier alpha value is -1.62. The Balaban J connectivity index is 2.25. The number of rotatable bonds is 6. The maximum absolute atomic E-state index is 11.2. The molecule has 5 heteroatoms. The van der Waals surface area contributed by atoms with Gasteiger partial charge in [0.05, 0.1) is 12.3 Å². The number of ether oxygens (including phenoxy) is 1. The monoisotopic (exact) mass is 224 g/mol. The number of esters is 1. The summed E-state index contributed by atoms with van der Waals surface area (Å²) in [6.07, 6.45) is 0. The number of hydrogen-bond donors (Lipinski definition) is 1. The van der Waals surface area contributed by atoms with E-state index in [1.54, 1.807) is 6.92 Å². The van der Waals surface area contributed by atoms with Crippen LogP contribution in [0.5, 0.6) is 0 Å². The van der Waals surface area contributed by atoms with E-state index in [2.05, 4.69) is 17.1 Å². The number of hydrogen-bond acceptors (Lipinski definition) is 5. The van der Waals surface area contributed by atoms with Crippen LogP contribution in [0.3, 0.4) is 0 Å². The number of nitrogens with zero attached hydrogens (tertiary/aromatic N) is 1. The molecule has 1 rings (SSSR count). The molecule has 0 bridgehead atoms. The first kappa shape index (κ1) is 12.4. The summed E-state index contributed by atoms with van der Waals surface area (Å²) in [4.78, 5) is 11.2. The van der Waals surface area contributed by atoms with Gasteiger partial charge in [-0.15, -0.1) is 0 Å². The molecule has 5 nitrogen and oxygen atoms in total. The van der Waals surface area contributed by atoms with Crippen molar-refractivity contribution in [2.24, 2.45) is 0 Å². The standard InChI is InChI=1S/C11H16N2O3/c1-4-15-11(14)8(2)6-12-7-10-5-9(3)16-13-10/h5,12H,2,4,6-7H2,1,3H3. The van der Waals surface area contributed by atoms with Gasteiger partial charge in [-0.25, -0.2) is 4.79 Å². The molecule has 1 heterocycles. The topological polar surface area (TPSA) is 64.4 Å². The van der Waals surface area contributed by atoms with Crippen molar-refractivity contribution in [1.29, 1.82) is 0 Å². The third kappa shape index (κ3) is 3.86. The molecule has 0 aliphatic carbocycles. The molecule has 0 spiro atoms. The molecule has 0 fully saturated rings. The van der Waals surface area contributed by atoms with Crippen molar-refractivity contribution < 1.29 is 14.1 Å². The Bertz CT molecular complexity index is 371. The van der Waals surface area contributed by atoms with E-state index in [9.17, 15) is 4.79 Å². The zero-order valence-electron chi connectivity index (χ0n) is 9.58. The molecule has 0 atom stereocenters. The van der Waals surface area contributed by atoms with Crippen molar-refractivity contribution in [2.75, 3.05) is 13.2 Å². The van der Waals surface area contributed by atoms with E-state index < -0.39 is 0 Å². The van der Waals surface area contributed by atoms with Crippen molar-refractivity contribution >= 4 is 5.97 Å². The van der Waals surface area contributed by atoms with Crippen LogP contribution in [0.15, 0.2) is 22.7 Å². The van der Waals surface area contributed by atoms with Crippen LogP contribution in [0.25, 0.3) is 0 Å². The third-order valence-corrected chi connectivity index (χ3v) is 1.89. The number of carbonyl (C=O) groups is 1. The molecular weight excluding hydrogens is 208 g/mol. The lowest BCUT2D eigenvalue weighted by Crippen LogP contribution is -2.21. The second kappa shape index (κ2) is 6.07. The molecular formula is C11H16N2O3. The van der Waals surface area contributed by atoms with Crippen molar-refractivity contribution in [3.05, 3.63) is 29.7 Å². The average molecular weight is 224 g/mol. The maximum atomic E-state index is 11.2. The first-order chi connectivity index (χ1) is 7.63. The molecule has 0 radical (unpaired) electrons. The molecule has 0 aliphatic rings. The molecule has 16 heavy (non-hydrogen) atoms. The van der Waals surface area contributed by atoms with Crippen LogP contribution in [-0.2, 0) is 16.1 Å². The number of nitrogens with one attached hydrogen (secondary N) is 1. The van der Waals surface area contributed by atoms with Gasteiger partial charge in [0.15, 0.2) is 0 Å². The predicted molar refractivity (Wildman–Crippen MR) is 58.7 cm³/mol. The maximum Gasteiger partial charge on any atom is 0.334 e. The highest BCUT2D eigenvalue weighted by atomic mass is 16.5. The summed E-state index contributed by atoms with van der Waals surface area (Å²) in [7, 11) is 0. The van der Waals surface area contributed by atoms with Gasteiger partial charge in [-0.2, -0.15) is 0 Å².